The number of hydrogen-bond acceptors (Lipinski definition) is 8. The van der Waals surface area contributed by atoms with Gasteiger partial charge in [0.15, 0.2) is 11.5 Å². The Hall–Kier alpha value is -1.71. The highest BCUT2D eigenvalue weighted by Gasteiger charge is 2.15. The van der Waals surface area contributed by atoms with Gasteiger partial charge in [0, 0.05) is 17.7 Å². The number of nitrogens with zero attached hydrogens (tertiary/aromatic N) is 2. The second-order valence-electron chi connectivity index (χ2n) is 4.82. The Labute approximate surface area is 131 Å². The van der Waals surface area contributed by atoms with Crippen LogP contribution in [-0.4, -0.2) is 34.2 Å². The Bertz CT molecular complexity index is 659. The summed E-state index contributed by atoms with van der Waals surface area (Å²) in [6, 6.07) is 5.88. The van der Waals surface area contributed by atoms with E-state index in [4.69, 9.17) is 19.9 Å². The van der Waals surface area contributed by atoms with Gasteiger partial charge in [-0.25, -0.2) is 4.98 Å². The molecule has 2 N–H and O–H groups in total. The van der Waals surface area contributed by atoms with E-state index in [9.17, 15) is 0 Å². The third kappa shape index (κ3) is 3.54. The van der Waals surface area contributed by atoms with Gasteiger partial charge in [-0.2, -0.15) is 0 Å². The predicted molar refractivity (Wildman–Crippen MR) is 77.3 cm³/mol. The standard InChI is InChI=1S/C14H16N2O5S/c1-9-13(4-5-21-16(17)18)22-14(15-9)7-10-2-3-11-12(6-10)20-8-19-11/h2-3,6,17-18H,4-5,7-8H2,1H3. The smallest absolute Gasteiger partial charge is 0.231 e. The van der Waals surface area contributed by atoms with Crippen LogP contribution in [-0.2, 0) is 17.7 Å². The molecule has 0 fully saturated rings. The summed E-state index contributed by atoms with van der Waals surface area (Å²) in [7, 11) is 0. The summed E-state index contributed by atoms with van der Waals surface area (Å²) in [5.74, 6) is 1.54. The average Bonchev–Trinajstić information content (AvgIpc) is 3.05. The summed E-state index contributed by atoms with van der Waals surface area (Å²) in [4.78, 5) is 10.2. The summed E-state index contributed by atoms with van der Waals surface area (Å²) in [6.07, 6.45) is 1.29. The number of ether oxygens (including phenoxy) is 2. The minimum absolute atomic E-state index is 0.180. The summed E-state index contributed by atoms with van der Waals surface area (Å²) in [5, 5.41) is 17.7. The Balaban J connectivity index is 1.65. The number of aromatic nitrogens is 1. The SMILES string of the molecule is Cc1nc(Cc2ccc3c(c2)OCO3)sc1CCON(O)O. The first-order chi connectivity index (χ1) is 10.6. The van der Waals surface area contributed by atoms with Gasteiger partial charge in [-0.05, 0) is 24.6 Å². The van der Waals surface area contributed by atoms with Crippen LogP contribution in [0, 0.1) is 6.92 Å². The normalized spacial score (nSPS) is 13.1. The lowest BCUT2D eigenvalue weighted by Gasteiger charge is -2.04. The fraction of sp³-hybridized carbons (Fsp3) is 0.357. The molecule has 0 spiro atoms. The monoisotopic (exact) mass is 324 g/mol. The zero-order valence-corrected chi connectivity index (χ0v) is 12.8. The molecule has 0 atom stereocenters. The Kier molecular flexibility index (Phi) is 4.55. The van der Waals surface area contributed by atoms with Crippen molar-refractivity contribution in [3.05, 3.63) is 39.3 Å². The summed E-state index contributed by atoms with van der Waals surface area (Å²) in [5.41, 5.74) is 2.05. The topological polar surface area (TPSA) is 84.3 Å². The van der Waals surface area contributed by atoms with Crippen LogP contribution in [0.25, 0.3) is 0 Å². The molecule has 0 saturated carbocycles. The molecule has 2 heterocycles. The minimum atomic E-state index is -0.274. The highest BCUT2D eigenvalue weighted by Crippen LogP contribution is 2.33. The van der Waals surface area contributed by atoms with Gasteiger partial charge in [0.2, 0.25) is 6.79 Å². The molecule has 1 aromatic carbocycles. The summed E-state index contributed by atoms with van der Waals surface area (Å²) >= 11 is 1.59. The maximum atomic E-state index is 8.51. The summed E-state index contributed by atoms with van der Waals surface area (Å²) in [6.45, 7) is 2.39. The van der Waals surface area contributed by atoms with E-state index in [1.54, 1.807) is 11.3 Å². The molecule has 1 aliphatic rings. The van der Waals surface area contributed by atoms with Crippen LogP contribution >= 0.6 is 11.3 Å². The highest BCUT2D eigenvalue weighted by atomic mass is 32.1. The van der Waals surface area contributed by atoms with Gasteiger partial charge in [-0.1, -0.05) is 6.07 Å². The van der Waals surface area contributed by atoms with Gasteiger partial charge in [-0.3, -0.25) is 15.3 Å². The summed E-state index contributed by atoms with van der Waals surface area (Å²) < 4.78 is 10.7. The molecule has 0 bridgehead atoms. The second-order valence-corrected chi connectivity index (χ2v) is 5.98. The number of fused-ring (bicyclic) bond motifs is 1. The number of aryl methyl sites for hydroxylation is 1. The predicted octanol–water partition coefficient (Wildman–Crippen LogP) is 2.33. The fourth-order valence-corrected chi connectivity index (χ4v) is 3.33. The Morgan fingerprint density at radius 3 is 2.95 bits per heavy atom. The lowest BCUT2D eigenvalue weighted by atomic mass is 10.1. The number of hydrogen-bond donors (Lipinski definition) is 2. The van der Waals surface area contributed by atoms with Crippen LogP contribution in [0.2, 0.25) is 0 Å². The molecule has 0 saturated heterocycles. The molecule has 1 aromatic heterocycles. The highest BCUT2D eigenvalue weighted by molar-refractivity contribution is 7.11. The molecule has 2 aromatic rings. The third-order valence-corrected chi connectivity index (χ3v) is 4.48. The largest absolute Gasteiger partial charge is 0.454 e. The van der Waals surface area contributed by atoms with Crippen molar-refractivity contribution in [3.8, 4) is 11.5 Å². The molecule has 0 radical (unpaired) electrons. The van der Waals surface area contributed by atoms with Crippen molar-refractivity contribution in [3.63, 3.8) is 0 Å². The van der Waals surface area contributed by atoms with Crippen molar-refractivity contribution in [1.82, 2.24) is 10.4 Å². The van der Waals surface area contributed by atoms with Gasteiger partial charge >= 0.3 is 0 Å². The zero-order valence-electron chi connectivity index (χ0n) is 12.0. The van der Waals surface area contributed by atoms with E-state index in [0.717, 1.165) is 39.1 Å². The van der Waals surface area contributed by atoms with Crippen molar-refractivity contribution in [2.45, 2.75) is 19.8 Å². The number of rotatable bonds is 6. The molecule has 8 heteroatoms. The molecule has 22 heavy (non-hydrogen) atoms. The molecule has 0 unspecified atom stereocenters. The Morgan fingerprint density at radius 2 is 2.14 bits per heavy atom. The van der Waals surface area contributed by atoms with E-state index >= 15 is 0 Å². The van der Waals surface area contributed by atoms with Crippen molar-refractivity contribution >= 4 is 11.3 Å². The molecule has 118 valence electrons. The third-order valence-electron chi connectivity index (χ3n) is 3.27. The van der Waals surface area contributed by atoms with E-state index in [1.165, 1.54) is 0 Å². The molecule has 1 aliphatic heterocycles. The first-order valence-corrected chi connectivity index (χ1v) is 7.58. The zero-order chi connectivity index (χ0) is 15.5. The van der Waals surface area contributed by atoms with Crippen LogP contribution < -0.4 is 9.47 Å². The van der Waals surface area contributed by atoms with Crippen molar-refractivity contribution in [2.24, 2.45) is 0 Å². The molecule has 3 rings (SSSR count). The maximum Gasteiger partial charge on any atom is 0.231 e. The second kappa shape index (κ2) is 6.59. The van der Waals surface area contributed by atoms with Crippen molar-refractivity contribution in [2.75, 3.05) is 13.4 Å². The van der Waals surface area contributed by atoms with Crippen LogP contribution in [0.4, 0.5) is 0 Å². The van der Waals surface area contributed by atoms with Gasteiger partial charge in [0.1, 0.15) is 0 Å². The van der Waals surface area contributed by atoms with Gasteiger partial charge in [-0.15, -0.1) is 11.3 Å². The van der Waals surface area contributed by atoms with Crippen LogP contribution in [0.5, 0.6) is 11.5 Å². The molecule has 0 amide bonds. The van der Waals surface area contributed by atoms with Gasteiger partial charge in [0.05, 0.1) is 22.7 Å². The molecular weight excluding hydrogens is 308 g/mol. The first kappa shape index (κ1) is 15.2. The van der Waals surface area contributed by atoms with Crippen LogP contribution in [0.3, 0.4) is 0 Å². The Morgan fingerprint density at radius 1 is 1.32 bits per heavy atom. The molecule has 7 nitrogen and oxygen atoms in total. The minimum Gasteiger partial charge on any atom is -0.454 e. The van der Waals surface area contributed by atoms with Crippen LogP contribution in [0.1, 0.15) is 21.1 Å². The number of benzene rings is 1. The van der Waals surface area contributed by atoms with Gasteiger partial charge < -0.3 is 9.47 Å². The van der Waals surface area contributed by atoms with E-state index in [-0.39, 0.29) is 18.8 Å². The number of thiazole rings is 1. The van der Waals surface area contributed by atoms with E-state index in [2.05, 4.69) is 9.82 Å². The van der Waals surface area contributed by atoms with E-state index in [1.807, 2.05) is 25.1 Å². The van der Waals surface area contributed by atoms with Crippen molar-refractivity contribution in [1.29, 1.82) is 0 Å². The van der Waals surface area contributed by atoms with E-state index in [0.29, 0.717) is 6.42 Å². The fourth-order valence-electron chi connectivity index (χ4n) is 2.24. The maximum absolute atomic E-state index is 8.51. The van der Waals surface area contributed by atoms with E-state index < -0.39 is 0 Å². The average molecular weight is 324 g/mol. The van der Waals surface area contributed by atoms with Crippen LogP contribution in [0.15, 0.2) is 18.2 Å². The lowest BCUT2D eigenvalue weighted by Crippen LogP contribution is -2.16. The molecule has 0 aliphatic carbocycles. The molecular formula is C14H16N2O5S. The first-order valence-electron chi connectivity index (χ1n) is 6.76. The van der Waals surface area contributed by atoms with Gasteiger partial charge in [0.25, 0.3) is 0 Å². The quantitative estimate of drug-likeness (QED) is 0.789. The van der Waals surface area contributed by atoms with Crippen molar-refractivity contribution < 1.29 is 24.7 Å². The lowest BCUT2D eigenvalue weighted by molar-refractivity contribution is -0.492.